The number of hydrogen-bond acceptors (Lipinski definition) is 0. The van der Waals surface area contributed by atoms with Crippen molar-refractivity contribution in [3.05, 3.63) is 0 Å². The fourth-order valence-electron chi connectivity index (χ4n) is 0. The maximum Gasteiger partial charge on any atom is 0 e. The van der Waals surface area contributed by atoms with Gasteiger partial charge in [0, 0.05) is 185 Å². The summed E-state index contributed by atoms with van der Waals surface area (Å²) in [5, 5.41) is 0. The van der Waals surface area contributed by atoms with Crippen LogP contribution in [0.3, 0.4) is 0 Å². The fourth-order valence-corrected chi connectivity index (χ4v) is 0. The molecular weight excluding hydrogens is 506 g/mol. The van der Waals surface area contributed by atoms with Crippen LogP contribution in [0.15, 0.2) is 0 Å². The Balaban J connectivity index is 0. The Bertz CT molecular complexity index is 4.85. The minimum Gasteiger partial charge on any atom is 0 e. The van der Waals surface area contributed by atoms with Gasteiger partial charge < -0.3 is 0 Å². The molecule has 0 saturated carbocycles. The summed E-state index contributed by atoms with van der Waals surface area (Å²) in [6, 6.07) is 0. The van der Waals surface area contributed by atoms with Gasteiger partial charge in [-0.15, -0.1) is 0 Å². The van der Waals surface area contributed by atoms with E-state index in [1.165, 1.54) is 0 Å². The number of hydrogen-bond donors (Lipinski definition) is 0. The van der Waals surface area contributed by atoms with Gasteiger partial charge in [0.1, 0.15) is 0 Å². The first-order valence-electron chi connectivity index (χ1n) is 0. The minimum atomic E-state index is 0. The topological polar surface area (TPSA) is 0 Å². The molecular formula is Sb2Sr3. The third-order valence-corrected chi connectivity index (χ3v) is 0. The molecule has 0 heterocycles. The van der Waals surface area contributed by atoms with Gasteiger partial charge in [0.2, 0.25) is 0 Å². The SMILES string of the molecule is [Sb].[Sb].[Sr].[Sr].[Sr]. The second kappa shape index (κ2) is 22.5. The first-order chi connectivity index (χ1) is 0. The third kappa shape index (κ3) is 17.8. The van der Waals surface area contributed by atoms with Crippen LogP contribution in [0.2, 0.25) is 0 Å². The van der Waals surface area contributed by atoms with Gasteiger partial charge in [-0.25, -0.2) is 0 Å². The first-order valence-corrected chi connectivity index (χ1v) is 0. The predicted molar refractivity (Wildman–Crippen MR) is 28.8 cm³/mol. The summed E-state index contributed by atoms with van der Waals surface area (Å²) in [5.41, 5.74) is 0. The molecule has 0 rings (SSSR count). The molecule has 0 saturated heterocycles. The van der Waals surface area contributed by atoms with E-state index in [0.29, 0.717) is 0 Å². The molecule has 0 aromatic carbocycles. The van der Waals surface area contributed by atoms with Crippen LogP contribution in [0, 0.1) is 0 Å². The monoisotopic (exact) mass is 506 g/mol. The molecule has 0 unspecified atom stereocenters. The van der Waals surface area contributed by atoms with E-state index >= 15 is 0 Å². The van der Waals surface area contributed by atoms with Crippen LogP contribution in [0.25, 0.3) is 0 Å². The normalized spacial score (nSPS) is 0. The zero-order valence-corrected chi connectivity index (χ0v) is 18.5. The molecule has 0 aliphatic rings. The average Bonchev–Trinajstić information content (AvgIpc) is 0. The molecule has 0 bridgehead atoms. The van der Waals surface area contributed by atoms with Crippen molar-refractivity contribution < 1.29 is 0 Å². The fraction of sp³-hybridized carbons (Fsp3) is 0. The number of rotatable bonds is 0. The van der Waals surface area contributed by atoms with Crippen molar-refractivity contribution >= 4 is 185 Å². The van der Waals surface area contributed by atoms with E-state index in [4.69, 9.17) is 0 Å². The molecule has 0 N–H and O–H groups in total. The van der Waals surface area contributed by atoms with Gasteiger partial charge in [0.25, 0.3) is 0 Å². The Morgan fingerprint density at radius 2 is 0.400 bits per heavy atom. The Hall–Kier alpha value is 6.08. The van der Waals surface area contributed by atoms with E-state index in [2.05, 4.69) is 0 Å². The second-order valence-corrected chi connectivity index (χ2v) is 0. The molecule has 0 aromatic rings. The van der Waals surface area contributed by atoms with Crippen molar-refractivity contribution in [1.29, 1.82) is 0 Å². The molecule has 0 aromatic heterocycles. The van der Waals surface area contributed by atoms with Crippen LogP contribution >= 0.6 is 0 Å². The quantitative estimate of drug-likeness (QED) is 0.337. The van der Waals surface area contributed by atoms with Crippen LogP contribution in [0.4, 0.5) is 0 Å². The molecule has 0 aliphatic carbocycles. The van der Waals surface area contributed by atoms with Crippen LogP contribution in [0.1, 0.15) is 0 Å². The van der Waals surface area contributed by atoms with Crippen LogP contribution < -0.4 is 0 Å². The summed E-state index contributed by atoms with van der Waals surface area (Å²) in [6.07, 6.45) is 0. The summed E-state index contributed by atoms with van der Waals surface area (Å²) in [7, 11) is 0. The van der Waals surface area contributed by atoms with Crippen molar-refractivity contribution in [2.75, 3.05) is 0 Å². The van der Waals surface area contributed by atoms with Gasteiger partial charge in [-0.3, -0.25) is 0 Å². The Morgan fingerprint density at radius 3 is 0.400 bits per heavy atom. The largest absolute Gasteiger partial charge is 0 e. The molecule has 12 radical (unpaired) electrons. The van der Waals surface area contributed by atoms with E-state index in [1.807, 2.05) is 0 Å². The molecule has 0 aliphatic heterocycles. The van der Waals surface area contributed by atoms with E-state index in [-0.39, 0.29) is 185 Å². The molecule has 0 amide bonds. The van der Waals surface area contributed by atoms with E-state index < -0.39 is 0 Å². The van der Waals surface area contributed by atoms with Gasteiger partial charge in [0.05, 0.1) is 0 Å². The van der Waals surface area contributed by atoms with Gasteiger partial charge in [0.15, 0.2) is 0 Å². The summed E-state index contributed by atoms with van der Waals surface area (Å²) in [4.78, 5) is 0. The molecule has 5 heavy (non-hydrogen) atoms. The zero-order chi connectivity index (χ0) is 0. The third-order valence-electron chi connectivity index (χ3n) is 0. The summed E-state index contributed by atoms with van der Waals surface area (Å²) >= 11 is 0. The molecule has 0 spiro atoms. The van der Waals surface area contributed by atoms with Crippen LogP contribution in [-0.2, 0) is 0 Å². The molecule has 0 atom stereocenters. The van der Waals surface area contributed by atoms with E-state index in [0.717, 1.165) is 0 Å². The van der Waals surface area contributed by atoms with Crippen molar-refractivity contribution in [3.63, 3.8) is 0 Å². The van der Waals surface area contributed by atoms with Crippen molar-refractivity contribution in [3.8, 4) is 0 Å². The summed E-state index contributed by atoms with van der Waals surface area (Å²) in [6.45, 7) is 0. The van der Waals surface area contributed by atoms with Crippen molar-refractivity contribution in [2.24, 2.45) is 0 Å². The van der Waals surface area contributed by atoms with Gasteiger partial charge >= 0.3 is 0 Å². The maximum absolute atomic E-state index is 0. The molecule has 5 heteroatoms. The smallest absolute Gasteiger partial charge is 0 e. The Kier molecular flexibility index (Phi) is 137. The molecule has 16 valence electrons. The van der Waals surface area contributed by atoms with E-state index in [1.54, 1.807) is 0 Å². The van der Waals surface area contributed by atoms with Crippen molar-refractivity contribution in [1.82, 2.24) is 0 Å². The first kappa shape index (κ1) is 30.5. The van der Waals surface area contributed by atoms with Gasteiger partial charge in [-0.2, -0.15) is 0 Å². The minimum absolute atomic E-state index is 0. The zero-order valence-electron chi connectivity index (χ0n) is 3.02. The standard InChI is InChI=1S/2Sb.3Sr. The van der Waals surface area contributed by atoms with Crippen LogP contribution in [-0.4, -0.2) is 185 Å². The molecule has 0 nitrogen and oxygen atoms in total. The average molecular weight is 506 g/mol. The Labute approximate surface area is 179 Å². The second-order valence-electron chi connectivity index (χ2n) is 0. The van der Waals surface area contributed by atoms with Crippen LogP contribution in [0.5, 0.6) is 0 Å². The Morgan fingerprint density at radius 1 is 0.400 bits per heavy atom. The van der Waals surface area contributed by atoms with E-state index in [9.17, 15) is 0 Å². The predicted octanol–water partition coefficient (Wildman–Crippen LogP) is -1.90. The van der Waals surface area contributed by atoms with Crippen molar-refractivity contribution in [2.45, 2.75) is 0 Å². The summed E-state index contributed by atoms with van der Waals surface area (Å²) < 4.78 is 0. The molecule has 0 fully saturated rings. The summed E-state index contributed by atoms with van der Waals surface area (Å²) in [5.74, 6) is 0. The van der Waals surface area contributed by atoms with Gasteiger partial charge in [-0.05, 0) is 0 Å². The van der Waals surface area contributed by atoms with Gasteiger partial charge in [-0.1, -0.05) is 0 Å². The maximum atomic E-state index is 0.